The van der Waals surface area contributed by atoms with Crippen LogP contribution >= 0.6 is 0 Å². The van der Waals surface area contributed by atoms with Crippen LogP contribution in [-0.2, 0) is 0 Å². The summed E-state index contributed by atoms with van der Waals surface area (Å²) in [5, 5.41) is 13.0. The topological polar surface area (TPSA) is 67.5 Å². The van der Waals surface area contributed by atoms with Crippen molar-refractivity contribution < 1.29 is 9.84 Å². The Morgan fingerprint density at radius 1 is 1.50 bits per heavy atom. The summed E-state index contributed by atoms with van der Waals surface area (Å²) >= 11 is 0. The molecule has 1 unspecified atom stereocenters. The lowest BCUT2D eigenvalue weighted by molar-refractivity contribution is 0.0697. The fraction of sp³-hybridized carbons (Fsp3) is 0.500. The van der Waals surface area contributed by atoms with E-state index in [0.717, 1.165) is 11.4 Å². The summed E-state index contributed by atoms with van der Waals surface area (Å²) in [6.07, 6.45) is 0.684. The number of benzene rings is 1. The molecule has 4 nitrogen and oxygen atoms in total. The van der Waals surface area contributed by atoms with Gasteiger partial charge in [0.2, 0.25) is 0 Å². The molecule has 1 aromatic carbocycles. The Bertz CT molecular complexity index is 351. The number of nitrogen functional groups attached to an aromatic ring is 1. The molecule has 0 saturated carbocycles. The molecule has 0 aliphatic rings. The van der Waals surface area contributed by atoms with Crippen molar-refractivity contribution in [3.63, 3.8) is 0 Å². The highest BCUT2D eigenvalue weighted by molar-refractivity contribution is 5.68. The third kappa shape index (κ3) is 3.31. The Morgan fingerprint density at radius 3 is 2.75 bits per heavy atom. The lowest BCUT2D eigenvalue weighted by Crippen LogP contribution is -2.32. The Balaban J connectivity index is 2.73. The van der Waals surface area contributed by atoms with E-state index in [1.807, 2.05) is 13.0 Å². The molecule has 1 rings (SSSR count). The van der Waals surface area contributed by atoms with Gasteiger partial charge in [0, 0.05) is 12.6 Å². The van der Waals surface area contributed by atoms with Crippen LogP contribution in [0.1, 0.15) is 20.3 Å². The first-order chi connectivity index (χ1) is 7.48. The number of aliphatic hydroxyl groups is 1. The SMILES string of the molecule is CCC(C)(O)CNc1cc(OC)ccc1N. The molecule has 16 heavy (non-hydrogen) atoms. The van der Waals surface area contributed by atoms with Crippen molar-refractivity contribution in [3.05, 3.63) is 18.2 Å². The van der Waals surface area contributed by atoms with E-state index < -0.39 is 5.60 Å². The van der Waals surface area contributed by atoms with Crippen molar-refractivity contribution in [2.24, 2.45) is 0 Å². The Morgan fingerprint density at radius 2 is 2.19 bits per heavy atom. The van der Waals surface area contributed by atoms with Crippen molar-refractivity contribution in [1.29, 1.82) is 0 Å². The number of ether oxygens (including phenoxy) is 1. The van der Waals surface area contributed by atoms with Crippen LogP contribution in [0, 0.1) is 0 Å². The molecule has 0 radical (unpaired) electrons. The standard InChI is InChI=1S/C12H20N2O2/c1-4-12(2,15)8-14-11-7-9(16-3)5-6-10(11)13/h5-7,14-15H,4,8,13H2,1-3H3. The summed E-state index contributed by atoms with van der Waals surface area (Å²) in [5.74, 6) is 0.743. The van der Waals surface area contributed by atoms with Gasteiger partial charge in [-0.25, -0.2) is 0 Å². The summed E-state index contributed by atoms with van der Waals surface area (Å²) in [5.41, 5.74) is 6.52. The summed E-state index contributed by atoms with van der Waals surface area (Å²) in [7, 11) is 1.61. The average Bonchev–Trinajstić information content (AvgIpc) is 2.28. The van der Waals surface area contributed by atoms with Crippen LogP contribution < -0.4 is 15.8 Å². The minimum absolute atomic E-state index is 0.459. The van der Waals surface area contributed by atoms with E-state index in [9.17, 15) is 5.11 Å². The van der Waals surface area contributed by atoms with Crippen LogP contribution in [0.2, 0.25) is 0 Å². The van der Waals surface area contributed by atoms with E-state index in [0.29, 0.717) is 18.7 Å². The van der Waals surface area contributed by atoms with Crippen LogP contribution in [0.5, 0.6) is 5.75 Å². The minimum atomic E-state index is -0.727. The number of hydrogen-bond donors (Lipinski definition) is 3. The molecule has 0 bridgehead atoms. The monoisotopic (exact) mass is 224 g/mol. The number of nitrogens with two attached hydrogens (primary N) is 1. The summed E-state index contributed by atoms with van der Waals surface area (Å²) in [4.78, 5) is 0. The van der Waals surface area contributed by atoms with Crippen LogP contribution in [-0.4, -0.2) is 24.4 Å². The average molecular weight is 224 g/mol. The molecule has 90 valence electrons. The molecule has 1 aromatic rings. The van der Waals surface area contributed by atoms with Gasteiger partial charge >= 0.3 is 0 Å². The number of anilines is 2. The van der Waals surface area contributed by atoms with E-state index >= 15 is 0 Å². The molecule has 0 spiro atoms. The Hall–Kier alpha value is -1.42. The summed E-state index contributed by atoms with van der Waals surface area (Å²) in [6, 6.07) is 5.40. The second-order valence-corrected chi connectivity index (χ2v) is 4.16. The molecular weight excluding hydrogens is 204 g/mol. The van der Waals surface area contributed by atoms with E-state index in [2.05, 4.69) is 5.32 Å². The summed E-state index contributed by atoms with van der Waals surface area (Å²) < 4.78 is 5.11. The molecular formula is C12H20N2O2. The predicted molar refractivity (Wildman–Crippen MR) is 66.8 cm³/mol. The second kappa shape index (κ2) is 5.07. The van der Waals surface area contributed by atoms with Crippen LogP contribution in [0.25, 0.3) is 0 Å². The lowest BCUT2D eigenvalue weighted by Gasteiger charge is -2.23. The molecule has 1 atom stereocenters. The van der Waals surface area contributed by atoms with Gasteiger partial charge in [0.1, 0.15) is 5.75 Å². The molecule has 4 heteroatoms. The van der Waals surface area contributed by atoms with Crippen molar-refractivity contribution in [1.82, 2.24) is 0 Å². The molecule has 0 amide bonds. The number of rotatable bonds is 5. The molecule has 0 saturated heterocycles. The first-order valence-electron chi connectivity index (χ1n) is 5.38. The van der Waals surface area contributed by atoms with Gasteiger partial charge in [-0.3, -0.25) is 0 Å². The summed E-state index contributed by atoms with van der Waals surface area (Å²) in [6.45, 7) is 4.19. The smallest absolute Gasteiger partial charge is 0.121 e. The van der Waals surface area contributed by atoms with Crippen molar-refractivity contribution >= 4 is 11.4 Å². The number of hydrogen-bond acceptors (Lipinski definition) is 4. The highest BCUT2D eigenvalue weighted by Gasteiger charge is 2.17. The Labute approximate surface area is 96.4 Å². The molecule has 0 aliphatic heterocycles. The van der Waals surface area contributed by atoms with Gasteiger partial charge in [-0.2, -0.15) is 0 Å². The molecule has 0 heterocycles. The molecule has 4 N–H and O–H groups in total. The van der Waals surface area contributed by atoms with Gasteiger partial charge in [0.05, 0.1) is 24.1 Å². The predicted octanol–water partition coefficient (Wildman–Crippen LogP) is 1.85. The lowest BCUT2D eigenvalue weighted by atomic mass is 10.0. The maximum atomic E-state index is 9.87. The van der Waals surface area contributed by atoms with Gasteiger partial charge in [-0.15, -0.1) is 0 Å². The third-order valence-corrected chi connectivity index (χ3v) is 2.68. The van der Waals surface area contributed by atoms with Crippen LogP contribution in [0.4, 0.5) is 11.4 Å². The van der Waals surface area contributed by atoms with Gasteiger partial charge in [0.25, 0.3) is 0 Å². The van der Waals surface area contributed by atoms with Crippen LogP contribution in [0.15, 0.2) is 18.2 Å². The fourth-order valence-corrected chi connectivity index (χ4v) is 1.23. The van der Waals surface area contributed by atoms with Crippen molar-refractivity contribution in [2.45, 2.75) is 25.9 Å². The van der Waals surface area contributed by atoms with Gasteiger partial charge < -0.3 is 20.9 Å². The third-order valence-electron chi connectivity index (χ3n) is 2.68. The largest absolute Gasteiger partial charge is 0.497 e. The minimum Gasteiger partial charge on any atom is -0.497 e. The van der Waals surface area contributed by atoms with Gasteiger partial charge in [-0.1, -0.05) is 6.92 Å². The highest BCUT2D eigenvalue weighted by Crippen LogP contribution is 2.25. The second-order valence-electron chi connectivity index (χ2n) is 4.16. The maximum absolute atomic E-state index is 9.87. The first kappa shape index (κ1) is 12.6. The maximum Gasteiger partial charge on any atom is 0.121 e. The number of nitrogens with one attached hydrogen (secondary N) is 1. The van der Waals surface area contributed by atoms with E-state index in [-0.39, 0.29) is 0 Å². The number of methoxy groups -OCH3 is 1. The van der Waals surface area contributed by atoms with Gasteiger partial charge in [-0.05, 0) is 25.5 Å². The van der Waals surface area contributed by atoms with Crippen molar-refractivity contribution in [2.75, 3.05) is 24.7 Å². The highest BCUT2D eigenvalue weighted by atomic mass is 16.5. The van der Waals surface area contributed by atoms with E-state index in [4.69, 9.17) is 10.5 Å². The molecule has 0 aliphatic carbocycles. The zero-order valence-electron chi connectivity index (χ0n) is 10.1. The van der Waals surface area contributed by atoms with Crippen molar-refractivity contribution in [3.8, 4) is 5.75 Å². The molecule has 0 aromatic heterocycles. The quantitative estimate of drug-likeness (QED) is 0.668. The van der Waals surface area contributed by atoms with Crippen LogP contribution in [0.3, 0.4) is 0 Å². The normalized spacial score (nSPS) is 14.2. The van der Waals surface area contributed by atoms with E-state index in [1.165, 1.54) is 0 Å². The molecule has 0 fully saturated rings. The Kier molecular flexibility index (Phi) is 4.01. The zero-order chi connectivity index (χ0) is 12.2. The zero-order valence-corrected chi connectivity index (χ0v) is 10.1. The first-order valence-corrected chi connectivity index (χ1v) is 5.38. The fourth-order valence-electron chi connectivity index (χ4n) is 1.23. The van der Waals surface area contributed by atoms with E-state index in [1.54, 1.807) is 26.2 Å². The van der Waals surface area contributed by atoms with Gasteiger partial charge in [0.15, 0.2) is 0 Å².